The van der Waals surface area contributed by atoms with Crippen molar-refractivity contribution in [2.75, 3.05) is 6.54 Å². The van der Waals surface area contributed by atoms with Gasteiger partial charge in [-0.05, 0) is 66.6 Å². The molecule has 1 atom stereocenters. The standard InChI is InChI=1S/C24H19BrClFN4O3S/c1-15-28-29-24(31(15)20-9-7-19(27)8-10-20)35-23(13-30(32)33)17-4-11-22(21(26)12-17)34-14-16-2-5-18(25)6-3-16/h2-12,23H,13-14H2,1H3/t23-/m1/s1. The number of aromatic nitrogens is 3. The number of thioether (sulfide) groups is 1. The number of hydrogen-bond acceptors (Lipinski definition) is 6. The molecular weight excluding hydrogens is 559 g/mol. The number of nitrogens with zero attached hydrogens (tertiary/aromatic N) is 4. The maximum absolute atomic E-state index is 13.4. The first kappa shape index (κ1) is 25.2. The number of ether oxygens (including phenoxy) is 1. The SMILES string of the molecule is Cc1nnc(S[C@H](C[N+](=O)[O-])c2ccc(OCc3ccc(Br)cc3)c(Cl)c2)n1-c1ccc(F)cc1. The molecule has 0 fully saturated rings. The maximum Gasteiger partial charge on any atom is 0.220 e. The summed E-state index contributed by atoms with van der Waals surface area (Å²) >= 11 is 11.1. The summed E-state index contributed by atoms with van der Waals surface area (Å²) in [7, 11) is 0. The summed E-state index contributed by atoms with van der Waals surface area (Å²) in [5, 5.41) is 20.0. The number of benzene rings is 3. The maximum atomic E-state index is 13.4. The lowest BCUT2D eigenvalue weighted by Gasteiger charge is -2.16. The largest absolute Gasteiger partial charge is 0.487 e. The highest BCUT2D eigenvalue weighted by molar-refractivity contribution is 9.10. The van der Waals surface area contributed by atoms with Crippen LogP contribution in [0.4, 0.5) is 4.39 Å². The van der Waals surface area contributed by atoms with Gasteiger partial charge in [-0.3, -0.25) is 14.7 Å². The third-order valence-corrected chi connectivity index (χ3v) is 7.08. The van der Waals surface area contributed by atoms with Crippen LogP contribution in [0.15, 0.2) is 76.4 Å². The molecule has 4 rings (SSSR count). The van der Waals surface area contributed by atoms with Crippen LogP contribution in [-0.4, -0.2) is 26.2 Å². The molecule has 0 unspecified atom stereocenters. The predicted molar refractivity (Wildman–Crippen MR) is 136 cm³/mol. The molecule has 0 radical (unpaired) electrons. The third-order valence-electron chi connectivity index (χ3n) is 5.08. The van der Waals surface area contributed by atoms with Gasteiger partial charge in [0, 0.05) is 15.1 Å². The van der Waals surface area contributed by atoms with Crippen LogP contribution in [0.3, 0.4) is 0 Å². The minimum Gasteiger partial charge on any atom is -0.487 e. The Morgan fingerprint density at radius 1 is 1.14 bits per heavy atom. The van der Waals surface area contributed by atoms with Crippen molar-refractivity contribution in [2.24, 2.45) is 0 Å². The van der Waals surface area contributed by atoms with Crippen LogP contribution in [0, 0.1) is 22.9 Å². The molecule has 0 amide bonds. The molecule has 180 valence electrons. The van der Waals surface area contributed by atoms with E-state index in [0.717, 1.165) is 10.0 Å². The first-order valence-electron chi connectivity index (χ1n) is 10.4. The van der Waals surface area contributed by atoms with Crippen molar-refractivity contribution < 1.29 is 14.1 Å². The van der Waals surface area contributed by atoms with E-state index in [9.17, 15) is 14.5 Å². The zero-order chi connectivity index (χ0) is 24.9. The summed E-state index contributed by atoms with van der Waals surface area (Å²) in [6, 6.07) is 18.8. The summed E-state index contributed by atoms with van der Waals surface area (Å²) in [4.78, 5) is 11.1. The van der Waals surface area contributed by atoms with Crippen LogP contribution >= 0.6 is 39.3 Å². The third kappa shape index (κ3) is 6.39. The molecule has 0 saturated heterocycles. The van der Waals surface area contributed by atoms with Gasteiger partial charge < -0.3 is 4.74 Å². The monoisotopic (exact) mass is 576 g/mol. The Bertz CT molecular complexity index is 1340. The Labute approximate surface area is 218 Å². The molecule has 1 heterocycles. The molecule has 0 aliphatic heterocycles. The summed E-state index contributed by atoms with van der Waals surface area (Å²) in [6.07, 6.45) is 0. The van der Waals surface area contributed by atoms with E-state index in [4.69, 9.17) is 16.3 Å². The zero-order valence-electron chi connectivity index (χ0n) is 18.4. The van der Waals surface area contributed by atoms with Crippen molar-refractivity contribution in [3.05, 3.63) is 109 Å². The average molecular weight is 578 g/mol. The fourth-order valence-corrected chi connectivity index (χ4v) is 5.03. The molecule has 1 aromatic heterocycles. The minimum absolute atomic E-state index is 0.333. The minimum atomic E-state index is -0.592. The molecule has 0 spiro atoms. The van der Waals surface area contributed by atoms with Crippen LogP contribution in [0.25, 0.3) is 5.69 Å². The lowest BCUT2D eigenvalue weighted by atomic mass is 10.1. The molecule has 0 saturated carbocycles. The first-order chi connectivity index (χ1) is 16.8. The fourth-order valence-electron chi connectivity index (χ4n) is 3.36. The van der Waals surface area contributed by atoms with Crippen molar-refractivity contribution in [1.29, 1.82) is 0 Å². The topological polar surface area (TPSA) is 83.1 Å². The van der Waals surface area contributed by atoms with Crippen molar-refractivity contribution in [2.45, 2.75) is 23.9 Å². The van der Waals surface area contributed by atoms with Gasteiger partial charge in [0.25, 0.3) is 0 Å². The second-order valence-electron chi connectivity index (χ2n) is 7.57. The van der Waals surface area contributed by atoms with Crippen molar-refractivity contribution >= 4 is 39.3 Å². The lowest BCUT2D eigenvalue weighted by molar-refractivity contribution is -0.479. The molecule has 0 N–H and O–H groups in total. The average Bonchev–Trinajstić information content (AvgIpc) is 3.19. The summed E-state index contributed by atoms with van der Waals surface area (Å²) < 4.78 is 21.9. The van der Waals surface area contributed by atoms with Gasteiger partial charge in [-0.25, -0.2) is 4.39 Å². The fraction of sp³-hybridized carbons (Fsp3) is 0.167. The van der Waals surface area contributed by atoms with Gasteiger partial charge in [0.15, 0.2) is 5.16 Å². The number of rotatable bonds is 9. The van der Waals surface area contributed by atoms with Crippen LogP contribution in [0.2, 0.25) is 5.02 Å². The molecule has 4 aromatic rings. The summed E-state index contributed by atoms with van der Waals surface area (Å²) in [5.41, 5.74) is 2.29. The lowest BCUT2D eigenvalue weighted by Crippen LogP contribution is -2.11. The molecule has 0 aliphatic carbocycles. The van der Waals surface area contributed by atoms with Gasteiger partial charge >= 0.3 is 0 Å². The zero-order valence-corrected chi connectivity index (χ0v) is 21.6. The normalized spacial score (nSPS) is 11.9. The number of hydrogen-bond donors (Lipinski definition) is 0. The number of nitro groups is 1. The van der Waals surface area contributed by atoms with Gasteiger partial charge in [-0.1, -0.05) is 57.5 Å². The molecule has 11 heteroatoms. The molecule has 35 heavy (non-hydrogen) atoms. The summed E-state index contributed by atoms with van der Waals surface area (Å²) in [6.45, 7) is 1.74. The van der Waals surface area contributed by atoms with Crippen molar-refractivity contribution in [1.82, 2.24) is 14.8 Å². The van der Waals surface area contributed by atoms with E-state index in [1.54, 1.807) is 41.8 Å². The Morgan fingerprint density at radius 3 is 2.51 bits per heavy atom. The van der Waals surface area contributed by atoms with Gasteiger partial charge in [-0.2, -0.15) is 0 Å². The molecule has 0 bridgehead atoms. The Kier molecular flexibility index (Phi) is 8.04. The van der Waals surface area contributed by atoms with E-state index in [-0.39, 0.29) is 17.3 Å². The van der Waals surface area contributed by atoms with E-state index in [1.807, 2.05) is 24.3 Å². The van der Waals surface area contributed by atoms with Crippen LogP contribution in [0.5, 0.6) is 5.75 Å². The smallest absolute Gasteiger partial charge is 0.220 e. The molecule has 3 aromatic carbocycles. The highest BCUT2D eigenvalue weighted by Gasteiger charge is 2.24. The highest BCUT2D eigenvalue weighted by Crippen LogP contribution is 2.38. The highest BCUT2D eigenvalue weighted by atomic mass is 79.9. The second kappa shape index (κ2) is 11.2. The Morgan fingerprint density at radius 2 is 1.86 bits per heavy atom. The van der Waals surface area contributed by atoms with Crippen molar-refractivity contribution in [3.8, 4) is 11.4 Å². The van der Waals surface area contributed by atoms with Gasteiger partial charge in [0.05, 0.1) is 5.02 Å². The Hall–Kier alpha value is -2.95. The first-order valence-corrected chi connectivity index (χ1v) is 12.5. The summed E-state index contributed by atoms with van der Waals surface area (Å²) in [5.74, 6) is 0.694. The molecule has 0 aliphatic rings. The van der Waals surface area contributed by atoms with Crippen LogP contribution in [-0.2, 0) is 6.61 Å². The quantitative estimate of drug-likeness (QED) is 0.123. The number of halogens is 3. The Balaban J connectivity index is 1.56. The van der Waals surface area contributed by atoms with Gasteiger partial charge in [0.2, 0.25) is 6.54 Å². The van der Waals surface area contributed by atoms with E-state index < -0.39 is 5.25 Å². The number of aryl methyl sites for hydroxylation is 1. The van der Waals surface area contributed by atoms with E-state index >= 15 is 0 Å². The molecular formula is C24H19BrClFN4O3S. The predicted octanol–water partition coefficient (Wildman–Crippen LogP) is 6.82. The van der Waals surface area contributed by atoms with E-state index in [2.05, 4.69) is 26.1 Å². The van der Waals surface area contributed by atoms with Crippen molar-refractivity contribution in [3.63, 3.8) is 0 Å². The van der Waals surface area contributed by atoms with Crippen LogP contribution < -0.4 is 4.74 Å². The van der Waals surface area contributed by atoms with Crippen LogP contribution in [0.1, 0.15) is 22.2 Å². The van der Waals surface area contributed by atoms with Gasteiger partial charge in [0.1, 0.15) is 29.2 Å². The van der Waals surface area contributed by atoms with E-state index in [0.29, 0.717) is 39.6 Å². The van der Waals surface area contributed by atoms with E-state index in [1.165, 1.54) is 23.9 Å². The molecule has 7 nitrogen and oxygen atoms in total. The second-order valence-corrected chi connectivity index (χ2v) is 10.1. The van der Waals surface area contributed by atoms with Gasteiger partial charge in [-0.15, -0.1) is 10.2 Å².